The Hall–Kier alpha value is -4.39. The van der Waals surface area contributed by atoms with Crippen molar-refractivity contribution in [1.82, 2.24) is 15.6 Å². The summed E-state index contributed by atoms with van der Waals surface area (Å²) in [6.07, 6.45) is 3.21. The summed E-state index contributed by atoms with van der Waals surface area (Å²) in [5.74, 6) is 0.905. The normalized spacial score (nSPS) is 12.1. The molecule has 3 aromatic carbocycles. The Morgan fingerprint density at radius 2 is 1.88 bits per heavy atom. The Kier molecular flexibility index (Phi) is 6.07. The maximum Gasteiger partial charge on any atom is 0.289 e. The molecule has 1 aliphatic rings. The SMILES string of the molecule is COc1ccc(/C=N\NC(=O)c2[nH]nc3c2CCc2ccccc2-3)cc1OCc1ccccc1. The minimum Gasteiger partial charge on any atom is -0.493 e. The monoisotopic (exact) mass is 452 g/mol. The van der Waals surface area contributed by atoms with Crippen LogP contribution < -0.4 is 14.9 Å². The van der Waals surface area contributed by atoms with E-state index in [0.29, 0.717) is 23.8 Å². The fourth-order valence-corrected chi connectivity index (χ4v) is 4.09. The summed E-state index contributed by atoms with van der Waals surface area (Å²) in [6, 6.07) is 23.5. The number of amides is 1. The topological polar surface area (TPSA) is 88.6 Å². The van der Waals surface area contributed by atoms with E-state index < -0.39 is 0 Å². The number of hydrogen-bond acceptors (Lipinski definition) is 5. The third-order valence-electron chi connectivity index (χ3n) is 5.82. The van der Waals surface area contributed by atoms with Crippen LogP contribution in [0.1, 0.15) is 32.7 Å². The van der Waals surface area contributed by atoms with Crippen molar-refractivity contribution in [2.45, 2.75) is 19.4 Å². The molecular weight excluding hydrogens is 428 g/mol. The number of carbonyl (C=O) groups is 1. The van der Waals surface area contributed by atoms with Crippen LogP contribution in [0.4, 0.5) is 0 Å². The Morgan fingerprint density at radius 1 is 1.06 bits per heavy atom. The van der Waals surface area contributed by atoms with Crippen molar-refractivity contribution in [3.05, 3.63) is 101 Å². The first kappa shape index (κ1) is 21.5. The van der Waals surface area contributed by atoms with Crippen LogP contribution in [0.3, 0.4) is 0 Å². The molecule has 170 valence electrons. The molecule has 1 aliphatic carbocycles. The standard InChI is InChI=1S/C27H24N4O3/c1-33-23-14-11-19(15-24(23)34-17-18-7-3-2-4-8-18)16-28-31-27(32)26-22-13-12-20-9-5-6-10-21(20)25(22)29-30-26/h2-11,14-16H,12-13,17H2,1H3,(H,29,30)(H,31,32)/b28-16-. The Balaban J connectivity index is 1.27. The van der Waals surface area contributed by atoms with Crippen LogP contribution in [0, 0.1) is 0 Å². The van der Waals surface area contributed by atoms with Gasteiger partial charge in [0.15, 0.2) is 11.5 Å². The zero-order valence-electron chi connectivity index (χ0n) is 18.7. The Labute approximate surface area is 197 Å². The van der Waals surface area contributed by atoms with E-state index in [-0.39, 0.29) is 5.91 Å². The third-order valence-corrected chi connectivity index (χ3v) is 5.82. The molecule has 0 atom stereocenters. The first-order valence-electron chi connectivity index (χ1n) is 11.1. The lowest BCUT2D eigenvalue weighted by Gasteiger charge is -2.15. The number of ether oxygens (including phenoxy) is 2. The van der Waals surface area contributed by atoms with Gasteiger partial charge >= 0.3 is 0 Å². The van der Waals surface area contributed by atoms with E-state index in [4.69, 9.17) is 9.47 Å². The van der Waals surface area contributed by atoms with Crippen LogP contribution in [0.2, 0.25) is 0 Å². The van der Waals surface area contributed by atoms with Gasteiger partial charge in [0.25, 0.3) is 5.91 Å². The zero-order chi connectivity index (χ0) is 23.3. The van der Waals surface area contributed by atoms with Crippen molar-refractivity contribution in [1.29, 1.82) is 0 Å². The molecule has 5 rings (SSSR count). The van der Waals surface area contributed by atoms with Crippen LogP contribution in [0.25, 0.3) is 11.3 Å². The zero-order valence-corrected chi connectivity index (χ0v) is 18.7. The minimum atomic E-state index is -0.321. The lowest BCUT2D eigenvalue weighted by atomic mass is 9.89. The number of aromatic amines is 1. The first-order valence-corrected chi connectivity index (χ1v) is 11.1. The molecule has 0 unspecified atom stereocenters. The number of carbonyl (C=O) groups excluding carboxylic acids is 1. The summed E-state index contributed by atoms with van der Waals surface area (Å²) in [4.78, 5) is 12.8. The summed E-state index contributed by atoms with van der Waals surface area (Å²) in [5.41, 5.74) is 8.96. The van der Waals surface area contributed by atoms with Gasteiger partial charge in [-0.3, -0.25) is 9.89 Å². The lowest BCUT2D eigenvalue weighted by Crippen LogP contribution is -2.20. The summed E-state index contributed by atoms with van der Waals surface area (Å²) in [7, 11) is 1.60. The number of aryl methyl sites for hydroxylation is 1. The summed E-state index contributed by atoms with van der Waals surface area (Å²) < 4.78 is 11.4. The van der Waals surface area contributed by atoms with Gasteiger partial charge in [0.1, 0.15) is 12.3 Å². The van der Waals surface area contributed by atoms with Crippen molar-refractivity contribution >= 4 is 12.1 Å². The second-order valence-corrected chi connectivity index (χ2v) is 7.97. The lowest BCUT2D eigenvalue weighted by molar-refractivity contribution is 0.0949. The van der Waals surface area contributed by atoms with Crippen molar-refractivity contribution in [2.75, 3.05) is 7.11 Å². The first-order chi connectivity index (χ1) is 16.7. The molecule has 0 aliphatic heterocycles. The Bertz CT molecular complexity index is 1350. The predicted molar refractivity (Wildman–Crippen MR) is 130 cm³/mol. The highest BCUT2D eigenvalue weighted by Gasteiger charge is 2.24. The van der Waals surface area contributed by atoms with Gasteiger partial charge < -0.3 is 9.47 Å². The predicted octanol–water partition coefficient (Wildman–Crippen LogP) is 4.53. The van der Waals surface area contributed by atoms with Crippen LogP contribution in [0.15, 0.2) is 77.9 Å². The summed E-state index contributed by atoms with van der Waals surface area (Å²) >= 11 is 0. The number of nitrogens with zero attached hydrogens (tertiary/aromatic N) is 2. The molecule has 0 saturated heterocycles. The smallest absolute Gasteiger partial charge is 0.289 e. The molecule has 2 N–H and O–H groups in total. The average molecular weight is 453 g/mol. The van der Waals surface area contributed by atoms with Gasteiger partial charge in [-0.1, -0.05) is 54.6 Å². The molecular formula is C27H24N4O3. The van der Waals surface area contributed by atoms with Gasteiger partial charge in [0.05, 0.1) is 19.0 Å². The fraction of sp³-hybridized carbons (Fsp3) is 0.148. The van der Waals surface area contributed by atoms with E-state index >= 15 is 0 Å². The van der Waals surface area contributed by atoms with Crippen LogP contribution in [0.5, 0.6) is 11.5 Å². The number of methoxy groups -OCH3 is 1. The van der Waals surface area contributed by atoms with Crippen molar-refractivity contribution in [2.24, 2.45) is 5.10 Å². The second kappa shape index (κ2) is 9.62. The molecule has 4 aromatic rings. The van der Waals surface area contributed by atoms with Gasteiger partial charge in [0, 0.05) is 11.1 Å². The molecule has 1 amide bonds. The van der Waals surface area contributed by atoms with Gasteiger partial charge in [-0.25, -0.2) is 5.43 Å². The van der Waals surface area contributed by atoms with E-state index in [9.17, 15) is 4.79 Å². The molecule has 7 heteroatoms. The maximum absolute atomic E-state index is 12.8. The van der Waals surface area contributed by atoms with E-state index in [2.05, 4.69) is 26.8 Å². The molecule has 1 aromatic heterocycles. The highest BCUT2D eigenvalue weighted by atomic mass is 16.5. The minimum absolute atomic E-state index is 0.321. The second-order valence-electron chi connectivity index (χ2n) is 7.97. The molecule has 34 heavy (non-hydrogen) atoms. The van der Waals surface area contributed by atoms with Crippen molar-refractivity contribution in [3.63, 3.8) is 0 Å². The number of nitrogens with one attached hydrogen (secondary N) is 2. The van der Waals surface area contributed by atoms with Crippen LogP contribution >= 0.6 is 0 Å². The molecule has 0 radical (unpaired) electrons. The van der Waals surface area contributed by atoms with Gasteiger partial charge in [-0.2, -0.15) is 10.2 Å². The summed E-state index contributed by atoms with van der Waals surface area (Å²) in [5, 5.41) is 11.4. The van der Waals surface area contributed by atoms with Crippen LogP contribution in [-0.4, -0.2) is 29.4 Å². The summed E-state index contributed by atoms with van der Waals surface area (Å²) in [6.45, 7) is 0.419. The van der Waals surface area contributed by atoms with E-state index in [1.54, 1.807) is 13.3 Å². The van der Waals surface area contributed by atoms with Crippen molar-refractivity contribution in [3.8, 4) is 22.8 Å². The number of fused-ring (bicyclic) bond motifs is 3. The fourth-order valence-electron chi connectivity index (χ4n) is 4.09. The number of benzene rings is 3. The Morgan fingerprint density at radius 3 is 2.74 bits per heavy atom. The number of hydrazone groups is 1. The van der Waals surface area contributed by atoms with Crippen molar-refractivity contribution < 1.29 is 14.3 Å². The van der Waals surface area contributed by atoms with E-state index in [1.807, 2.05) is 66.7 Å². The third kappa shape index (κ3) is 4.41. The molecule has 1 heterocycles. The molecule has 0 bridgehead atoms. The van der Waals surface area contributed by atoms with Gasteiger partial charge in [0.2, 0.25) is 0 Å². The van der Waals surface area contributed by atoms with E-state index in [1.165, 1.54) is 5.56 Å². The van der Waals surface area contributed by atoms with Gasteiger partial charge in [-0.15, -0.1) is 0 Å². The largest absolute Gasteiger partial charge is 0.493 e. The molecule has 0 fully saturated rings. The molecule has 0 spiro atoms. The number of rotatable bonds is 7. The maximum atomic E-state index is 12.8. The highest BCUT2D eigenvalue weighted by molar-refractivity contribution is 5.96. The quantitative estimate of drug-likeness (QED) is 0.319. The average Bonchev–Trinajstić information content (AvgIpc) is 3.33. The molecule has 0 saturated carbocycles. The van der Waals surface area contributed by atoms with Crippen LogP contribution in [-0.2, 0) is 19.4 Å². The van der Waals surface area contributed by atoms with Gasteiger partial charge in [-0.05, 0) is 47.7 Å². The molecule has 7 nitrogen and oxygen atoms in total. The highest BCUT2D eigenvalue weighted by Crippen LogP contribution is 2.33. The number of aromatic nitrogens is 2. The number of H-pyrrole nitrogens is 1. The van der Waals surface area contributed by atoms with E-state index in [0.717, 1.165) is 40.8 Å². The number of hydrogen-bond donors (Lipinski definition) is 2.